The van der Waals surface area contributed by atoms with Crippen LogP contribution in [0.1, 0.15) is 58.7 Å². The number of ether oxygens (including phenoxy) is 7. The summed E-state index contributed by atoms with van der Waals surface area (Å²) in [5, 5.41) is 0. The van der Waals surface area contributed by atoms with Gasteiger partial charge in [0.1, 0.15) is 19.0 Å². The minimum atomic E-state index is -1.92. The fourth-order valence-electron chi connectivity index (χ4n) is 6.17. The maximum Gasteiger partial charge on any atom is 0.373 e. The van der Waals surface area contributed by atoms with Gasteiger partial charge in [-0.3, -0.25) is 0 Å². The van der Waals surface area contributed by atoms with Crippen molar-refractivity contribution in [2.75, 3.05) is 13.2 Å². The van der Waals surface area contributed by atoms with Crippen LogP contribution < -0.4 is 5.73 Å². The first-order valence-corrected chi connectivity index (χ1v) is 19.6. The van der Waals surface area contributed by atoms with Crippen molar-refractivity contribution >= 4 is 48.0 Å². The number of benzene rings is 5. The van der Waals surface area contributed by atoms with Crippen LogP contribution in [0.25, 0.3) is 0 Å². The summed E-state index contributed by atoms with van der Waals surface area (Å²) in [6, 6.07) is 38.9. The molecule has 1 fully saturated rings. The van der Waals surface area contributed by atoms with Crippen molar-refractivity contribution in [3.8, 4) is 0 Å². The molecule has 6 rings (SSSR count). The molecule has 1 heterocycles. The Balaban J connectivity index is 1.55. The molecule has 0 radical (unpaired) electrons. The van der Waals surface area contributed by atoms with Gasteiger partial charge in [-0.15, -0.1) is 0 Å². The molecule has 2 N–H and O–H groups in total. The Morgan fingerprint density at radius 2 is 0.857 bits per heavy atom. The SMILES string of the molecule is CCOC(=O)C(N)=NC=NC1OC(COC(=O)c2ccccc2)[C@@H](OC(=O)c2ccccc2)C(OC(=O)c2ccccc2)[C@@H](OC(=O)c2ccccc2)[C@H]1OC(=O)c1ccccc1. The molecule has 0 bridgehead atoms. The van der Waals surface area contributed by atoms with Crippen molar-refractivity contribution in [2.45, 2.75) is 43.7 Å². The lowest BCUT2D eigenvalue weighted by Crippen LogP contribution is -2.54. The maximum atomic E-state index is 14.1. The second-order valence-electron chi connectivity index (χ2n) is 13.5. The van der Waals surface area contributed by atoms with Crippen LogP contribution in [0.2, 0.25) is 0 Å². The molecule has 0 spiro atoms. The highest BCUT2D eigenvalue weighted by molar-refractivity contribution is 6.35. The molecular formula is C47H41N3O13. The lowest BCUT2D eigenvalue weighted by atomic mass is 9.98. The van der Waals surface area contributed by atoms with Crippen LogP contribution in [0.3, 0.4) is 0 Å². The van der Waals surface area contributed by atoms with Crippen LogP contribution in [0.4, 0.5) is 0 Å². The summed E-state index contributed by atoms with van der Waals surface area (Å²) < 4.78 is 41.7. The van der Waals surface area contributed by atoms with E-state index in [1.165, 1.54) is 60.7 Å². The first-order valence-electron chi connectivity index (χ1n) is 19.6. The zero-order chi connectivity index (χ0) is 44.6. The highest BCUT2D eigenvalue weighted by Crippen LogP contribution is 2.33. The van der Waals surface area contributed by atoms with Gasteiger partial charge in [-0.2, -0.15) is 0 Å². The zero-order valence-corrected chi connectivity index (χ0v) is 33.7. The van der Waals surface area contributed by atoms with Gasteiger partial charge in [0.05, 0.1) is 34.4 Å². The summed E-state index contributed by atoms with van der Waals surface area (Å²) in [6.07, 6.45) is -10.1. The topological polar surface area (TPSA) is 218 Å². The lowest BCUT2D eigenvalue weighted by molar-refractivity contribution is -0.135. The fraction of sp³-hybridized carbons (Fsp3) is 0.191. The monoisotopic (exact) mass is 855 g/mol. The maximum absolute atomic E-state index is 14.1. The molecule has 0 aromatic heterocycles. The summed E-state index contributed by atoms with van der Waals surface area (Å²) in [4.78, 5) is 90.3. The zero-order valence-electron chi connectivity index (χ0n) is 33.7. The molecule has 0 amide bonds. The third kappa shape index (κ3) is 12.1. The molecule has 1 saturated heterocycles. The number of rotatable bonds is 14. The Bertz CT molecular complexity index is 2400. The number of esters is 6. The third-order valence-corrected chi connectivity index (χ3v) is 9.23. The van der Waals surface area contributed by atoms with E-state index in [2.05, 4.69) is 9.98 Å². The van der Waals surface area contributed by atoms with Gasteiger partial charge in [0.2, 0.25) is 5.84 Å². The highest BCUT2D eigenvalue weighted by atomic mass is 16.7. The van der Waals surface area contributed by atoms with E-state index in [0.29, 0.717) is 0 Å². The van der Waals surface area contributed by atoms with E-state index in [1.54, 1.807) is 97.9 Å². The van der Waals surface area contributed by atoms with Crippen molar-refractivity contribution in [1.29, 1.82) is 0 Å². The van der Waals surface area contributed by atoms with Crippen LogP contribution in [0.15, 0.2) is 162 Å². The number of carbonyl (C=O) groups excluding carboxylic acids is 6. The molecule has 322 valence electrons. The van der Waals surface area contributed by atoms with E-state index in [-0.39, 0.29) is 34.4 Å². The van der Waals surface area contributed by atoms with Gasteiger partial charge in [-0.05, 0) is 67.6 Å². The van der Waals surface area contributed by atoms with E-state index in [0.717, 1.165) is 6.34 Å². The van der Waals surface area contributed by atoms with E-state index in [1.807, 2.05) is 0 Å². The standard InChI is InChI=1S/C47H41N3O13/c1-2-57-47(56)40(48)49-29-50-41-39(63-46(55)34-26-16-7-17-27-34)38(62-45(54)33-24-14-6-15-25-33)37(61-44(53)32-22-12-5-13-23-32)36(60-43(52)31-20-10-4-11-21-31)35(59-41)28-58-42(51)30-18-8-3-9-19-30/h3-27,29,35-39,41H,2,28H2,1H3,(H2,48,49,50)/t35?,36-,37?,38-,39-,41?/m1/s1. The normalized spacial score (nSPS) is 19.7. The first-order chi connectivity index (χ1) is 30.6. The number of hydrogen-bond donors (Lipinski definition) is 1. The van der Waals surface area contributed by atoms with Crippen LogP contribution in [0, 0.1) is 0 Å². The molecule has 16 nitrogen and oxygen atoms in total. The Morgan fingerprint density at radius 3 is 1.25 bits per heavy atom. The highest BCUT2D eigenvalue weighted by Gasteiger charge is 2.55. The van der Waals surface area contributed by atoms with E-state index < -0.39 is 85.0 Å². The smallest absolute Gasteiger partial charge is 0.373 e. The Labute approximate surface area is 361 Å². The molecular weight excluding hydrogens is 815 g/mol. The third-order valence-electron chi connectivity index (χ3n) is 9.23. The molecule has 1 aliphatic rings. The Kier molecular flexibility index (Phi) is 15.6. The molecule has 5 aromatic rings. The van der Waals surface area contributed by atoms with Crippen molar-refractivity contribution in [2.24, 2.45) is 15.7 Å². The van der Waals surface area contributed by atoms with Gasteiger partial charge < -0.3 is 38.9 Å². The molecule has 5 aromatic carbocycles. The van der Waals surface area contributed by atoms with Gasteiger partial charge in [-0.1, -0.05) is 91.0 Å². The average molecular weight is 856 g/mol. The molecule has 3 unspecified atom stereocenters. The fourth-order valence-corrected chi connectivity index (χ4v) is 6.17. The van der Waals surface area contributed by atoms with Crippen molar-refractivity contribution in [3.63, 3.8) is 0 Å². The number of nitrogens with zero attached hydrogens (tertiary/aromatic N) is 2. The summed E-state index contributed by atoms with van der Waals surface area (Å²) >= 11 is 0. The average Bonchev–Trinajstić information content (AvgIpc) is 3.42. The van der Waals surface area contributed by atoms with Crippen LogP contribution in [0.5, 0.6) is 0 Å². The van der Waals surface area contributed by atoms with Gasteiger partial charge in [0.25, 0.3) is 0 Å². The Hall–Kier alpha value is -7.98. The van der Waals surface area contributed by atoms with Crippen LogP contribution >= 0.6 is 0 Å². The number of hydrogen-bond acceptors (Lipinski definition) is 14. The number of carbonyl (C=O) groups is 6. The lowest BCUT2D eigenvalue weighted by Gasteiger charge is -2.34. The minimum absolute atomic E-state index is 0.0144. The van der Waals surface area contributed by atoms with Gasteiger partial charge in [-0.25, -0.2) is 38.8 Å². The molecule has 16 heteroatoms. The number of amidine groups is 1. The van der Waals surface area contributed by atoms with Gasteiger partial charge in [0, 0.05) is 0 Å². The quantitative estimate of drug-likeness (QED) is 0.0639. The van der Waals surface area contributed by atoms with Crippen molar-refractivity contribution in [1.82, 2.24) is 0 Å². The summed E-state index contributed by atoms with van der Waals surface area (Å²) in [7, 11) is 0. The minimum Gasteiger partial charge on any atom is -0.460 e. The first kappa shape index (κ1) is 44.6. The van der Waals surface area contributed by atoms with E-state index in [9.17, 15) is 28.8 Å². The molecule has 6 atom stereocenters. The van der Waals surface area contributed by atoms with E-state index in [4.69, 9.17) is 38.9 Å². The van der Waals surface area contributed by atoms with Crippen LogP contribution in [-0.2, 0) is 38.0 Å². The molecule has 0 saturated carbocycles. The molecule has 63 heavy (non-hydrogen) atoms. The Morgan fingerprint density at radius 1 is 0.508 bits per heavy atom. The summed E-state index contributed by atoms with van der Waals surface area (Å²) in [5.41, 5.74) is 6.15. The summed E-state index contributed by atoms with van der Waals surface area (Å²) in [5.74, 6) is -6.31. The number of aliphatic imine (C=N–C) groups is 2. The second-order valence-corrected chi connectivity index (χ2v) is 13.5. The molecule has 0 aliphatic carbocycles. The van der Waals surface area contributed by atoms with Crippen molar-refractivity contribution < 1.29 is 61.9 Å². The van der Waals surface area contributed by atoms with Gasteiger partial charge >= 0.3 is 35.8 Å². The van der Waals surface area contributed by atoms with Crippen molar-refractivity contribution in [3.05, 3.63) is 179 Å². The second kappa shape index (κ2) is 22.0. The molecule has 1 aliphatic heterocycles. The van der Waals surface area contributed by atoms with Gasteiger partial charge in [0.15, 0.2) is 30.6 Å². The van der Waals surface area contributed by atoms with E-state index >= 15 is 0 Å². The van der Waals surface area contributed by atoms with Crippen LogP contribution in [-0.4, -0.2) is 98.0 Å². The number of nitrogens with two attached hydrogens (primary N) is 1. The summed E-state index contributed by atoms with van der Waals surface area (Å²) in [6.45, 7) is 0.840. The predicted octanol–water partition coefficient (Wildman–Crippen LogP) is 5.42. The predicted molar refractivity (Wildman–Crippen MR) is 225 cm³/mol. The largest absolute Gasteiger partial charge is 0.460 e.